The number of carbonyl (C=O) groups is 1. The van der Waals surface area contributed by atoms with Crippen LogP contribution in [0, 0.1) is 5.82 Å². The third-order valence-corrected chi connectivity index (χ3v) is 5.90. The van der Waals surface area contributed by atoms with Gasteiger partial charge in [-0.25, -0.2) is 19.3 Å². The fourth-order valence-corrected chi connectivity index (χ4v) is 4.15. The number of hydrogen-bond donors (Lipinski definition) is 1. The molecular formula is C18H15FN6OS2. The number of nitrogens with zero attached hydrogens (tertiary/aromatic N) is 5. The lowest BCUT2D eigenvalue weighted by molar-refractivity contribution is -0.115. The zero-order chi connectivity index (χ0) is 19.7. The number of aryl methyl sites for hydroxylation is 1. The zero-order valence-electron chi connectivity index (χ0n) is 15.0. The number of anilines is 1. The van der Waals surface area contributed by atoms with Gasteiger partial charge in [0.2, 0.25) is 5.91 Å². The van der Waals surface area contributed by atoms with E-state index in [0.29, 0.717) is 21.5 Å². The lowest BCUT2D eigenvalue weighted by Gasteiger charge is -2.10. The quantitative estimate of drug-likeness (QED) is 0.395. The molecule has 0 radical (unpaired) electrons. The van der Waals surface area contributed by atoms with Crippen molar-refractivity contribution >= 4 is 45.2 Å². The number of amides is 1. The van der Waals surface area contributed by atoms with Crippen LogP contribution in [0.1, 0.15) is 6.92 Å². The minimum Gasteiger partial charge on any atom is -0.301 e. The molecule has 0 saturated heterocycles. The van der Waals surface area contributed by atoms with Crippen molar-refractivity contribution < 1.29 is 9.18 Å². The minimum atomic E-state index is -0.392. The number of thiazole rings is 1. The van der Waals surface area contributed by atoms with Crippen LogP contribution in [0.5, 0.6) is 0 Å². The summed E-state index contributed by atoms with van der Waals surface area (Å²) in [7, 11) is 1.81. The molecule has 10 heteroatoms. The van der Waals surface area contributed by atoms with Crippen LogP contribution in [0.25, 0.3) is 22.3 Å². The zero-order valence-corrected chi connectivity index (χ0v) is 16.6. The Morgan fingerprint density at radius 3 is 2.86 bits per heavy atom. The van der Waals surface area contributed by atoms with Crippen LogP contribution in [-0.2, 0) is 11.8 Å². The molecule has 4 aromatic rings. The van der Waals surface area contributed by atoms with Gasteiger partial charge >= 0.3 is 0 Å². The molecule has 3 heterocycles. The average Bonchev–Trinajstić information content (AvgIpc) is 3.30. The van der Waals surface area contributed by atoms with E-state index in [1.807, 2.05) is 5.38 Å². The summed E-state index contributed by atoms with van der Waals surface area (Å²) in [6.07, 6.45) is 3.16. The van der Waals surface area contributed by atoms with Crippen molar-refractivity contribution in [2.75, 3.05) is 5.32 Å². The van der Waals surface area contributed by atoms with E-state index in [4.69, 9.17) is 0 Å². The maximum absolute atomic E-state index is 13.1. The summed E-state index contributed by atoms with van der Waals surface area (Å²) in [6, 6.07) is 6.07. The Labute approximate surface area is 168 Å². The molecule has 0 aliphatic heterocycles. The molecule has 7 nitrogen and oxygen atoms in total. The molecular weight excluding hydrogens is 399 g/mol. The largest absolute Gasteiger partial charge is 0.301 e. The number of nitrogens with one attached hydrogen (secondary N) is 1. The molecule has 142 valence electrons. The third-order valence-electron chi connectivity index (χ3n) is 4.02. The number of hydrogen-bond acceptors (Lipinski definition) is 7. The van der Waals surface area contributed by atoms with Crippen molar-refractivity contribution in [2.45, 2.75) is 17.2 Å². The van der Waals surface area contributed by atoms with Crippen molar-refractivity contribution in [1.82, 2.24) is 24.7 Å². The molecule has 0 spiro atoms. The summed E-state index contributed by atoms with van der Waals surface area (Å²) in [5, 5.41) is 10.4. The van der Waals surface area contributed by atoms with E-state index in [0.717, 1.165) is 10.9 Å². The average molecular weight is 414 g/mol. The molecule has 1 unspecified atom stereocenters. The smallest absolute Gasteiger partial charge is 0.239 e. The second-order valence-corrected chi connectivity index (χ2v) is 8.17. The first-order valence-electron chi connectivity index (χ1n) is 8.33. The number of fused-ring (bicyclic) bond motifs is 1. The van der Waals surface area contributed by atoms with Gasteiger partial charge in [-0.05, 0) is 31.2 Å². The van der Waals surface area contributed by atoms with Crippen LogP contribution in [0.4, 0.5) is 9.52 Å². The molecule has 28 heavy (non-hydrogen) atoms. The summed E-state index contributed by atoms with van der Waals surface area (Å²) < 4.78 is 14.7. The molecule has 0 fully saturated rings. The van der Waals surface area contributed by atoms with E-state index in [-0.39, 0.29) is 11.7 Å². The fraction of sp³-hybridized carbons (Fsp3) is 0.167. The van der Waals surface area contributed by atoms with Crippen molar-refractivity contribution in [3.8, 4) is 11.3 Å². The SMILES string of the molecule is CC(Sc1ncnc2c1cnn2C)C(=O)Nc1nc(-c2ccc(F)cc2)cs1. The van der Waals surface area contributed by atoms with Crippen LogP contribution in [-0.4, -0.2) is 35.9 Å². The molecule has 1 amide bonds. The number of benzene rings is 1. The highest BCUT2D eigenvalue weighted by atomic mass is 32.2. The van der Waals surface area contributed by atoms with E-state index in [9.17, 15) is 9.18 Å². The molecule has 0 saturated carbocycles. The molecule has 1 atom stereocenters. The van der Waals surface area contributed by atoms with E-state index >= 15 is 0 Å². The lowest BCUT2D eigenvalue weighted by atomic mass is 10.2. The topological polar surface area (TPSA) is 85.6 Å². The highest BCUT2D eigenvalue weighted by Gasteiger charge is 2.19. The van der Waals surface area contributed by atoms with Crippen LogP contribution in [0.2, 0.25) is 0 Å². The maximum atomic E-state index is 13.1. The van der Waals surface area contributed by atoms with Gasteiger partial charge in [0.05, 0.1) is 22.5 Å². The van der Waals surface area contributed by atoms with Gasteiger partial charge in [0.15, 0.2) is 10.8 Å². The monoisotopic (exact) mass is 414 g/mol. The van der Waals surface area contributed by atoms with Crippen LogP contribution in [0.3, 0.4) is 0 Å². The van der Waals surface area contributed by atoms with Crippen molar-refractivity contribution in [3.05, 3.63) is 48.0 Å². The Morgan fingerprint density at radius 1 is 1.29 bits per heavy atom. The van der Waals surface area contributed by atoms with Gasteiger partial charge in [-0.3, -0.25) is 9.48 Å². The number of rotatable bonds is 5. The summed E-state index contributed by atoms with van der Waals surface area (Å²) in [5.41, 5.74) is 2.20. The molecule has 0 bridgehead atoms. The van der Waals surface area contributed by atoms with E-state index in [1.54, 1.807) is 37.0 Å². The third kappa shape index (κ3) is 3.73. The molecule has 0 aliphatic rings. The van der Waals surface area contributed by atoms with Crippen molar-refractivity contribution in [2.24, 2.45) is 7.05 Å². The van der Waals surface area contributed by atoms with Crippen LogP contribution in [0.15, 0.2) is 47.2 Å². The summed E-state index contributed by atoms with van der Waals surface area (Å²) in [5.74, 6) is -0.480. The molecule has 3 aromatic heterocycles. The van der Waals surface area contributed by atoms with Gasteiger partial charge in [-0.15, -0.1) is 11.3 Å². The first-order valence-corrected chi connectivity index (χ1v) is 10.1. The van der Waals surface area contributed by atoms with Gasteiger partial charge in [0, 0.05) is 18.0 Å². The highest BCUT2D eigenvalue weighted by Crippen LogP contribution is 2.29. The Hall–Kier alpha value is -2.85. The number of aromatic nitrogens is 5. The van der Waals surface area contributed by atoms with Crippen molar-refractivity contribution in [1.29, 1.82) is 0 Å². The van der Waals surface area contributed by atoms with E-state index in [2.05, 4.69) is 25.4 Å². The van der Waals surface area contributed by atoms with Gasteiger partial charge in [0.1, 0.15) is 17.2 Å². The van der Waals surface area contributed by atoms with Crippen molar-refractivity contribution in [3.63, 3.8) is 0 Å². The molecule has 1 aromatic carbocycles. The predicted molar refractivity (Wildman–Crippen MR) is 108 cm³/mol. The van der Waals surface area contributed by atoms with Gasteiger partial charge < -0.3 is 5.32 Å². The summed E-state index contributed by atoms with van der Waals surface area (Å²) in [4.78, 5) is 25.5. The van der Waals surface area contributed by atoms with E-state index in [1.165, 1.54) is 41.6 Å². The lowest BCUT2D eigenvalue weighted by Crippen LogP contribution is -2.22. The van der Waals surface area contributed by atoms with Gasteiger partial charge in [-0.2, -0.15) is 5.10 Å². The van der Waals surface area contributed by atoms with Gasteiger partial charge in [-0.1, -0.05) is 11.8 Å². The molecule has 1 N–H and O–H groups in total. The molecule has 0 aliphatic carbocycles. The summed E-state index contributed by atoms with van der Waals surface area (Å²) >= 11 is 2.66. The second kappa shape index (κ2) is 7.64. The predicted octanol–water partition coefficient (Wildman–Crippen LogP) is 3.75. The molecule has 4 rings (SSSR count). The van der Waals surface area contributed by atoms with Gasteiger partial charge in [0.25, 0.3) is 0 Å². The first kappa shape index (κ1) is 18.5. The first-order chi connectivity index (χ1) is 13.5. The Bertz CT molecular complexity index is 1140. The Morgan fingerprint density at radius 2 is 2.07 bits per heavy atom. The Kier molecular flexibility index (Phi) is 5.05. The highest BCUT2D eigenvalue weighted by molar-refractivity contribution is 8.00. The van der Waals surface area contributed by atoms with Crippen LogP contribution >= 0.6 is 23.1 Å². The number of halogens is 1. The number of thioether (sulfide) groups is 1. The maximum Gasteiger partial charge on any atom is 0.239 e. The normalized spacial score (nSPS) is 12.2. The van der Waals surface area contributed by atoms with E-state index < -0.39 is 5.25 Å². The summed E-state index contributed by atoms with van der Waals surface area (Å²) in [6.45, 7) is 1.80. The number of carbonyl (C=O) groups excluding carboxylic acids is 1. The van der Waals surface area contributed by atoms with Crippen LogP contribution < -0.4 is 5.32 Å². The second-order valence-electron chi connectivity index (χ2n) is 5.98. The standard InChI is InChI=1S/C18H15FN6OS2/c1-10(28-17-13-7-22-25(2)15(13)20-9-21-17)16(26)24-18-23-14(8-27-18)11-3-5-12(19)6-4-11/h3-10H,1-2H3,(H,23,24,26). The Balaban J connectivity index is 1.45. The minimum absolute atomic E-state index is 0.180. The fourth-order valence-electron chi connectivity index (χ4n) is 2.55.